The van der Waals surface area contributed by atoms with E-state index >= 15 is 0 Å². The van der Waals surface area contributed by atoms with E-state index in [1.807, 2.05) is 0 Å². The van der Waals surface area contributed by atoms with Crippen molar-refractivity contribution in [2.24, 2.45) is 5.41 Å². The molecule has 0 N–H and O–H groups in total. The van der Waals surface area contributed by atoms with Crippen LogP contribution in [0.25, 0.3) is 0 Å². The van der Waals surface area contributed by atoms with Crippen molar-refractivity contribution < 1.29 is 9.13 Å². The minimum absolute atomic E-state index is 0.0461. The van der Waals surface area contributed by atoms with Gasteiger partial charge in [-0.15, -0.1) is 0 Å². The summed E-state index contributed by atoms with van der Waals surface area (Å²) in [6.45, 7) is 4.28. The fraction of sp³-hybridized carbons (Fsp3) is 0.538. The molecule has 3 atom stereocenters. The van der Waals surface area contributed by atoms with Crippen LogP contribution in [-0.2, 0) is 0 Å². The molecule has 17 heavy (non-hydrogen) atoms. The molecule has 4 heteroatoms. The number of hydrogen-bond donors (Lipinski definition) is 0. The second-order valence-corrected chi connectivity index (χ2v) is 6.23. The summed E-state index contributed by atoms with van der Waals surface area (Å²) in [6, 6.07) is 4.85. The summed E-state index contributed by atoms with van der Waals surface area (Å²) >= 11 is 9.36. The first-order chi connectivity index (χ1) is 7.99. The van der Waals surface area contributed by atoms with E-state index in [-0.39, 0.29) is 22.3 Å². The van der Waals surface area contributed by atoms with Crippen molar-refractivity contribution in [2.75, 3.05) is 0 Å². The summed E-state index contributed by atoms with van der Waals surface area (Å²) in [5.41, 5.74) is 0.0642. The Bertz CT molecular complexity index is 426. The van der Waals surface area contributed by atoms with E-state index in [0.29, 0.717) is 4.83 Å². The Kier molecular flexibility index (Phi) is 3.69. The van der Waals surface area contributed by atoms with Gasteiger partial charge in [-0.1, -0.05) is 47.4 Å². The molecule has 0 amide bonds. The van der Waals surface area contributed by atoms with Crippen LogP contribution in [0.15, 0.2) is 18.2 Å². The van der Waals surface area contributed by atoms with Gasteiger partial charge < -0.3 is 4.74 Å². The van der Waals surface area contributed by atoms with E-state index in [2.05, 4.69) is 29.8 Å². The second kappa shape index (κ2) is 4.77. The number of rotatable bonds is 3. The smallest absolute Gasteiger partial charge is 0.183 e. The fourth-order valence-electron chi connectivity index (χ4n) is 2.13. The molecular formula is C13H15BrClFO. The highest BCUT2D eigenvalue weighted by atomic mass is 79.9. The molecule has 0 heterocycles. The summed E-state index contributed by atoms with van der Waals surface area (Å²) in [7, 11) is 0. The normalized spacial score (nSPS) is 32.1. The van der Waals surface area contributed by atoms with Crippen molar-refractivity contribution in [3.8, 4) is 5.75 Å². The lowest BCUT2D eigenvalue weighted by molar-refractivity contribution is -0.0264. The molecule has 1 aliphatic rings. The largest absolute Gasteiger partial charge is 0.487 e. The van der Waals surface area contributed by atoms with Crippen molar-refractivity contribution in [3.05, 3.63) is 29.0 Å². The molecule has 1 aromatic rings. The van der Waals surface area contributed by atoms with Gasteiger partial charge in [-0.05, 0) is 25.0 Å². The van der Waals surface area contributed by atoms with Crippen molar-refractivity contribution in [1.29, 1.82) is 0 Å². The minimum Gasteiger partial charge on any atom is -0.487 e. The maximum atomic E-state index is 13.7. The first kappa shape index (κ1) is 13.2. The Morgan fingerprint density at radius 1 is 1.59 bits per heavy atom. The topological polar surface area (TPSA) is 9.23 Å². The quantitative estimate of drug-likeness (QED) is 0.726. The zero-order valence-electron chi connectivity index (χ0n) is 9.84. The van der Waals surface area contributed by atoms with E-state index in [4.69, 9.17) is 16.3 Å². The Hall–Kier alpha value is -0.280. The van der Waals surface area contributed by atoms with Gasteiger partial charge in [0.15, 0.2) is 11.6 Å². The summed E-state index contributed by atoms with van der Waals surface area (Å²) in [5.74, 6) is -0.216. The zero-order valence-corrected chi connectivity index (χ0v) is 12.2. The van der Waals surface area contributed by atoms with E-state index in [0.717, 1.165) is 12.8 Å². The third-order valence-electron chi connectivity index (χ3n) is 3.82. The van der Waals surface area contributed by atoms with Gasteiger partial charge in [0, 0.05) is 10.2 Å². The summed E-state index contributed by atoms with van der Waals surface area (Å²) in [5, 5.41) is 0.107. The van der Waals surface area contributed by atoms with Crippen LogP contribution < -0.4 is 4.74 Å². The number of hydrogen-bond acceptors (Lipinski definition) is 1. The molecule has 0 bridgehead atoms. The first-order valence-electron chi connectivity index (χ1n) is 5.73. The predicted molar refractivity (Wildman–Crippen MR) is 71.6 cm³/mol. The van der Waals surface area contributed by atoms with Gasteiger partial charge in [0.2, 0.25) is 0 Å². The van der Waals surface area contributed by atoms with Gasteiger partial charge >= 0.3 is 0 Å². The number of halogens is 3. The second-order valence-electron chi connectivity index (χ2n) is 4.72. The van der Waals surface area contributed by atoms with E-state index < -0.39 is 5.82 Å². The molecule has 0 aromatic heterocycles. The molecule has 0 spiro atoms. The van der Waals surface area contributed by atoms with Gasteiger partial charge in [0.1, 0.15) is 6.10 Å². The lowest BCUT2D eigenvalue weighted by Crippen LogP contribution is -2.54. The first-order valence-corrected chi connectivity index (χ1v) is 7.03. The molecule has 0 aliphatic heterocycles. The van der Waals surface area contributed by atoms with Crippen LogP contribution in [0.1, 0.15) is 26.7 Å². The van der Waals surface area contributed by atoms with Crippen LogP contribution in [-0.4, -0.2) is 10.9 Å². The molecule has 1 aliphatic carbocycles. The Labute approximate surface area is 114 Å². The standard InChI is InChI=1S/C13H15BrClFO/c1-3-13(2)10(14)7-11(13)17-9-6-4-5-8(15)12(9)16/h4-6,10-11H,3,7H2,1-2H3. The van der Waals surface area contributed by atoms with E-state index in [1.165, 1.54) is 6.07 Å². The summed E-state index contributed by atoms with van der Waals surface area (Å²) in [4.78, 5) is 0.437. The Morgan fingerprint density at radius 3 is 2.88 bits per heavy atom. The molecule has 3 unspecified atom stereocenters. The van der Waals surface area contributed by atoms with E-state index in [9.17, 15) is 4.39 Å². The van der Waals surface area contributed by atoms with Crippen LogP contribution in [0, 0.1) is 11.2 Å². The fourth-order valence-corrected chi connectivity index (χ4v) is 3.25. The van der Waals surface area contributed by atoms with Crippen molar-refractivity contribution in [1.82, 2.24) is 0 Å². The molecule has 1 nitrogen and oxygen atoms in total. The van der Waals surface area contributed by atoms with Gasteiger partial charge in [0.25, 0.3) is 0 Å². The lowest BCUT2D eigenvalue weighted by atomic mass is 9.65. The lowest BCUT2D eigenvalue weighted by Gasteiger charge is -2.50. The minimum atomic E-state index is -0.467. The summed E-state index contributed by atoms with van der Waals surface area (Å²) < 4.78 is 19.5. The van der Waals surface area contributed by atoms with Crippen molar-refractivity contribution in [2.45, 2.75) is 37.6 Å². The molecule has 1 fully saturated rings. The van der Waals surface area contributed by atoms with Crippen LogP contribution in [0.5, 0.6) is 5.75 Å². The highest BCUT2D eigenvalue weighted by Gasteiger charge is 2.51. The SMILES string of the molecule is CCC1(C)C(Br)CC1Oc1cccc(Cl)c1F. The monoisotopic (exact) mass is 320 g/mol. The maximum Gasteiger partial charge on any atom is 0.183 e. The van der Waals surface area contributed by atoms with E-state index in [1.54, 1.807) is 12.1 Å². The number of ether oxygens (including phenoxy) is 1. The van der Waals surface area contributed by atoms with Crippen LogP contribution in [0.4, 0.5) is 4.39 Å². The third-order valence-corrected chi connectivity index (χ3v) is 5.53. The van der Waals surface area contributed by atoms with Crippen molar-refractivity contribution >= 4 is 27.5 Å². The predicted octanol–water partition coefficient (Wildman–Crippen LogP) is 4.81. The van der Waals surface area contributed by atoms with Gasteiger partial charge in [-0.3, -0.25) is 0 Å². The molecule has 0 radical (unpaired) electrons. The molecule has 1 aromatic carbocycles. The third kappa shape index (κ3) is 2.19. The van der Waals surface area contributed by atoms with Crippen LogP contribution in [0.3, 0.4) is 0 Å². The van der Waals surface area contributed by atoms with Gasteiger partial charge in [-0.25, -0.2) is 4.39 Å². The molecular weight excluding hydrogens is 306 g/mol. The molecule has 2 rings (SSSR count). The number of alkyl halides is 1. The average molecular weight is 322 g/mol. The highest BCUT2D eigenvalue weighted by molar-refractivity contribution is 9.09. The van der Waals surface area contributed by atoms with Gasteiger partial charge in [0.05, 0.1) is 5.02 Å². The molecule has 1 saturated carbocycles. The van der Waals surface area contributed by atoms with Crippen LogP contribution >= 0.6 is 27.5 Å². The highest BCUT2D eigenvalue weighted by Crippen LogP contribution is 2.50. The van der Waals surface area contributed by atoms with Crippen LogP contribution in [0.2, 0.25) is 5.02 Å². The molecule has 0 saturated heterocycles. The van der Waals surface area contributed by atoms with Crippen molar-refractivity contribution in [3.63, 3.8) is 0 Å². The molecule has 94 valence electrons. The Balaban J connectivity index is 2.15. The summed E-state index contributed by atoms with van der Waals surface area (Å²) in [6.07, 6.45) is 1.94. The Morgan fingerprint density at radius 2 is 2.29 bits per heavy atom. The maximum absolute atomic E-state index is 13.7. The average Bonchev–Trinajstić information content (AvgIpc) is 2.33. The zero-order chi connectivity index (χ0) is 12.6. The number of benzene rings is 1. The van der Waals surface area contributed by atoms with Gasteiger partial charge in [-0.2, -0.15) is 0 Å².